The molecule has 1 unspecified atom stereocenters. The van der Waals surface area contributed by atoms with E-state index in [-0.39, 0.29) is 4.35 Å². The summed E-state index contributed by atoms with van der Waals surface area (Å²) in [5, 5.41) is 10.1. The predicted molar refractivity (Wildman–Crippen MR) is 41.7 cm³/mol. The molecule has 0 saturated carbocycles. The van der Waals surface area contributed by atoms with Gasteiger partial charge in [-0.15, -0.1) is 0 Å². The Balaban J connectivity index is 3.16. The van der Waals surface area contributed by atoms with E-state index in [1.54, 1.807) is 6.07 Å². The summed E-state index contributed by atoms with van der Waals surface area (Å²) >= 11 is -5.03. The molecule has 0 aliphatic carbocycles. The first-order valence-corrected chi connectivity index (χ1v) is 6.46. The first-order valence-electron chi connectivity index (χ1n) is 3.08. The molecule has 1 aromatic rings. The molecule has 6 heteroatoms. The summed E-state index contributed by atoms with van der Waals surface area (Å²) in [6.07, 6.45) is 0. The molecule has 0 amide bonds. The molecule has 0 aromatic heterocycles. The van der Waals surface area contributed by atoms with E-state index in [0.29, 0.717) is 0 Å². The molecule has 0 saturated heterocycles. The van der Waals surface area contributed by atoms with E-state index in [0.717, 1.165) is 0 Å². The zero-order valence-corrected chi connectivity index (χ0v) is 7.83. The second-order valence-electron chi connectivity index (χ2n) is 2.12. The number of rotatable bonds is 2. The monoisotopic (exact) mass is 231 g/mol. The van der Waals surface area contributed by atoms with Crippen LogP contribution in [0.4, 0.5) is 0 Å². The summed E-state index contributed by atoms with van der Waals surface area (Å²) in [5.74, 6) is 0. The third kappa shape index (κ3) is 1.57. The Morgan fingerprint density at radius 3 is 2.25 bits per heavy atom. The normalized spacial score (nSPS) is 15.1. The number of nitro groups is 1. The van der Waals surface area contributed by atoms with E-state index in [1.165, 1.54) is 24.3 Å². The van der Waals surface area contributed by atoms with E-state index in [2.05, 4.69) is 0 Å². The Morgan fingerprint density at radius 1 is 1.33 bits per heavy atom. The minimum absolute atomic E-state index is 0.0966. The molecule has 1 aromatic carbocycles. The Hall–Kier alpha value is -1.06. The van der Waals surface area contributed by atoms with Gasteiger partial charge in [0.15, 0.2) is 0 Å². The SMILES string of the molecule is O=[N+]([O-])[As](=O)(O)c1ccccc1. The van der Waals surface area contributed by atoms with Gasteiger partial charge in [-0.05, 0) is 0 Å². The van der Waals surface area contributed by atoms with E-state index in [9.17, 15) is 13.9 Å². The van der Waals surface area contributed by atoms with Gasteiger partial charge in [0.2, 0.25) is 0 Å². The number of nitrogens with zero attached hydrogens (tertiary/aromatic N) is 1. The van der Waals surface area contributed by atoms with Crippen LogP contribution in [0, 0.1) is 10.1 Å². The fourth-order valence-corrected chi connectivity index (χ4v) is 2.29. The van der Waals surface area contributed by atoms with Gasteiger partial charge in [-0.2, -0.15) is 0 Å². The van der Waals surface area contributed by atoms with Gasteiger partial charge in [0.25, 0.3) is 0 Å². The molecule has 5 nitrogen and oxygen atoms in total. The van der Waals surface area contributed by atoms with Crippen molar-refractivity contribution < 1.29 is 11.7 Å². The van der Waals surface area contributed by atoms with Crippen molar-refractivity contribution in [3.05, 3.63) is 40.4 Å². The minimum atomic E-state index is -5.03. The zero-order chi connectivity index (χ0) is 9.19. The average Bonchev–Trinajstić information content (AvgIpc) is 2.06. The van der Waals surface area contributed by atoms with Crippen LogP contribution in [0.3, 0.4) is 0 Å². The topological polar surface area (TPSA) is 80.4 Å². The molecule has 0 radical (unpaired) electrons. The number of hydrogen-bond acceptors (Lipinski definition) is 3. The number of benzene rings is 1. The van der Waals surface area contributed by atoms with Crippen molar-refractivity contribution in [1.29, 1.82) is 0 Å². The molecular formula is C6H6AsNO4. The van der Waals surface area contributed by atoms with Crippen LogP contribution >= 0.6 is 0 Å². The van der Waals surface area contributed by atoms with Crippen LogP contribution < -0.4 is 4.35 Å². The van der Waals surface area contributed by atoms with Crippen LogP contribution in [-0.2, 0) is 3.74 Å². The Morgan fingerprint density at radius 2 is 1.83 bits per heavy atom. The Labute approximate surface area is 71.0 Å². The second-order valence-corrected chi connectivity index (χ2v) is 6.17. The van der Waals surface area contributed by atoms with Crippen molar-refractivity contribution in [2.75, 3.05) is 0 Å². The second kappa shape index (κ2) is 3.13. The third-order valence-corrected chi connectivity index (χ3v) is 4.28. The molecule has 0 fully saturated rings. The first kappa shape index (κ1) is 9.03. The quantitative estimate of drug-likeness (QED) is 0.424. The van der Waals surface area contributed by atoms with Crippen molar-refractivity contribution in [3.8, 4) is 0 Å². The molecular weight excluding hydrogens is 225 g/mol. The van der Waals surface area contributed by atoms with Gasteiger partial charge in [-0.3, -0.25) is 0 Å². The summed E-state index contributed by atoms with van der Waals surface area (Å²) in [5.41, 5.74) is 0. The molecule has 0 spiro atoms. The molecule has 0 bridgehead atoms. The average molecular weight is 231 g/mol. The maximum absolute atomic E-state index is 11.0. The summed E-state index contributed by atoms with van der Waals surface area (Å²) in [4.78, 5) is 10.1. The van der Waals surface area contributed by atoms with Crippen molar-refractivity contribution in [1.82, 2.24) is 0 Å². The number of hydrogen-bond donors (Lipinski definition) is 1. The van der Waals surface area contributed by atoms with Gasteiger partial charge < -0.3 is 0 Å². The van der Waals surface area contributed by atoms with Crippen molar-refractivity contribution in [3.63, 3.8) is 0 Å². The predicted octanol–water partition coefficient (Wildman–Crippen LogP) is -0.468. The Bertz CT molecular complexity index is 337. The standard InChI is InChI=1S/C6H6AsNO4/c9-7(10,8(11)12)6-4-2-1-3-5-6/h1-5H,(H,9,10). The van der Waals surface area contributed by atoms with E-state index < -0.39 is 17.9 Å². The molecule has 1 rings (SSSR count). The molecule has 64 valence electrons. The zero-order valence-electron chi connectivity index (χ0n) is 5.95. The molecule has 12 heavy (non-hydrogen) atoms. The van der Waals surface area contributed by atoms with Crippen LogP contribution in [0.5, 0.6) is 0 Å². The van der Waals surface area contributed by atoms with Crippen LogP contribution in [-0.4, -0.2) is 22.0 Å². The van der Waals surface area contributed by atoms with Gasteiger partial charge >= 0.3 is 70.5 Å². The molecule has 0 aliphatic rings. The van der Waals surface area contributed by atoms with E-state index in [1.807, 2.05) is 0 Å². The van der Waals surface area contributed by atoms with Crippen LogP contribution in [0.25, 0.3) is 0 Å². The van der Waals surface area contributed by atoms with Crippen molar-refractivity contribution in [2.24, 2.45) is 0 Å². The molecule has 1 N–H and O–H groups in total. The summed E-state index contributed by atoms with van der Waals surface area (Å²) in [6.45, 7) is 0. The van der Waals surface area contributed by atoms with E-state index in [4.69, 9.17) is 4.10 Å². The summed E-state index contributed by atoms with van der Waals surface area (Å²) in [6, 6.07) is 7.16. The molecule has 1 atom stereocenters. The fraction of sp³-hybridized carbons (Fsp3) is 0. The van der Waals surface area contributed by atoms with Crippen LogP contribution in [0.2, 0.25) is 0 Å². The van der Waals surface area contributed by atoms with Crippen LogP contribution in [0.1, 0.15) is 0 Å². The summed E-state index contributed by atoms with van der Waals surface area (Å²) in [7, 11) is 0. The Kier molecular flexibility index (Phi) is 2.35. The van der Waals surface area contributed by atoms with Gasteiger partial charge in [-0.1, -0.05) is 0 Å². The van der Waals surface area contributed by atoms with Crippen molar-refractivity contribution >= 4 is 18.4 Å². The maximum atomic E-state index is 11.0. The van der Waals surface area contributed by atoms with E-state index >= 15 is 0 Å². The van der Waals surface area contributed by atoms with Gasteiger partial charge in [0.05, 0.1) is 0 Å². The van der Waals surface area contributed by atoms with Crippen LogP contribution in [0.15, 0.2) is 30.3 Å². The third-order valence-electron chi connectivity index (χ3n) is 1.31. The first-order chi connectivity index (χ1) is 5.55. The van der Waals surface area contributed by atoms with Gasteiger partial charge in [-0.25, -0.2) is 0 Å². The van der Waals surface area contributed by atoms with Crippen molar-refractivity contribution in [2.45, 2.75) is 0 Å². The molecule has 0 heterocycles. The summed E-state index contributed by atoms with van der Waals surface area (Å²) < 4.78 is 18.8. The molecule has 0 aliphatic heterocycles. The fourth-order valence-electron chi connectivity index (χ4n) is 0.716. The van der Waals surface area contributed by atoms with Gasteiger partial charge in [0, 0.05) is 0 Å². The van der Waals surface area contributed by atoms with Gasteiger partial charge in [0.1, 0.15) is 0 Å².